The second kappa shape index (κ2) is 9.75. The number of thiol groups is 1. The van der Waals surface area contributed by atoms with Crippen LogP contribution in [0.2, 0.25) is 0 Å². The van der Waals surface area contributed by atoms with Gasteiger partial charge in [-0.05, 0) is 28.3 Å². The van der Waals surface area contributed by atoms with Crippen molar-refractivity contribution in [3.05, 3.63) is 96.2 Å². The first kappa shape index (κ1) is 21.7. The Balaban J connectivity index is 1.54. The third-order valence-corrected chi connectivity index (χ3v) is 5.97. The van der Waals surface area contributed by atoms with E-state index in [9.17, 15) is 14.7 Å². The van der Waals surface area contributed by atoms with Crippen molar-refractivity contribution >= 4 is 35.4 Å². The molecule has 162 valence electrons. The molecule has 2 atom stereocenters. The first-order valence-electron chi connectivity index (χ1n) is 10.4. The molecular weight excluding hydrogens is 420 g/mol. The largest absolute Gasteiger partial charge is 0.480 e. The minimum atomic E-state index is -1.07. The van der Waals surface area contributed by atoms with Gasteiger partial charge in [0.15, 0.2) is 0 Å². The van der Waals surface area contributed by atoms with E-state index in [2.05, 4.69) is 22.9 Å². The van der Waals surface area contributed by atoms with Crippen LogP contribution in [-0.4, -0.2) is 33.8 Å². The van der Waals surface area contributed by atoms with E-state index in [0.717, 1.165) is 33.2 Å². The Bertz CT molecular complexity index is 1240. The first-order chi connectivity index (χ1) is 15.6. The van der Waals surface area contributed by atoms with Gasteiger partial charge in [-0.25, -0.2) is 4.79 Å². The number of carbonyl (C=O) groups excluding carboxylic acids is 1. The van der Waals surface area contributed by atoms with Crippen LogP contribution in [0, 0.1) is 0 Å². The van der Waals surface area contributed by atoms with Crippen molar-refractivity contribution in [2.45, 2.75) is 18.4 Å². The van der Waals surface area contributed by atoms with E-state index in [4.69, 9.17) is 0 Å². The van der Waals surface area contributed by atoms with Crippen LogP contribution in [0.1, 0.15) is 17.0 Å². The van der Waals surface area contributed by atoms with Gasteiger partial charge in [-0.15, -0.1) is 0 Å². The number of aromatic nitrogens is 1. The quantitative estimate of drug-likeness (QED) is 0.298. The Morgan fingerprint density at radius 3 is 2.41 bits per heavy atom. The molecule has 1 heterocycles. The summed E-state index contributed by atoms with van der Waals surface area (Å²) in [6.07, 6.45) is 1.99. The van der Waals surface area contributed by atoms with Crippen molar-refractivity contribution in [2.24, 2.45) is 0 Å². The van der Waals surface area contributed by atoms with E-state index in [1.165, 1.54) is 0 Å². The number of aromatic amines is 1. The Labute approximate surface area is 191 Å². The zero-order valence-corrected chi connectivity index (χ0v) is 18.3. The SMILES string of the molecule is O=C(O)[C@H](Cc1c[nH]c2ccccc12)NC(=O)[C@@H](CS)c1cccc(-c2ccccc2)c1. The number of H-pyrrole nitrogens is 1. The van der Waals surface area contributed by atoms with Crippen molar-refractivity contribution in [1.82, 2.24) is 10.3 Å². The van der Waals surface area contributed by atoms with Gasteiger partial charge in [0.1, 0.15) is 6.04 Å². The number of aliphatic carboxylic acids is 1. The normalized spacial score (nSPS) is 12.9. The molecule has 32 heavy (non-hydrogen) atoms. The lowest BCUT2D eigenvalue weighted by atomic mass is 9.95. The lowest BCUT2D eigenvalue weighted by Gasteiger charge is -2.20. The molecule has 0 spiro atoms. The minimum absolute atomic E-state index is 0.189. The van der Waals surface area contributed by atoms with Crippen molar-refractivity contribution in [1.29, 1.82) is 0 Å². The smallest absolute Gasteiger partial charge is 0.326 e. The summed E-state index contributed by atoms with van der Waals surface area (Å²) in [4.78, 5) is 28.2. The van der Waals surface area contributed by atoms with E-state index in [-0.39, 0.29) is 18.1 Å². The average molecular weight is 445 g/mol. The molecule has 1 amide bonds. The van der Waals surface area contributed by atoms with Crippen LogP contribution in [-0.2, 0) is 16.0 Å². The highest BCUT2D eigenvalue weighted by Gasteiger charge is 2.27. The number of nitrogens with one attached hydrogen (secondary N) is 2. The van der Waals surface area contributed by atoms with Crippen molar-refractivity contribution < 1.29 is 14.7 Å². The molecule has 0 unspecified atom stereocenters. The van der Waals surface area contributed by atoms with Crippen LogP contribution in [0.3, 0.4) is 0 Å². The van der Waals surface area contributed by atoms with Gasteiger partial charge in [0.05, 0.1) is 5.92 Å². The van der Waals surface area contributed by atoms with Crippen LogP contribution in [0.5, 0.6) is 0 Å². The van der Waals surface area contributed by atoms with Gasteiger partial charge in [0.25, 0.3) is 0 Å². The van der Waals surface area contributed by atoms with Gasteiger partial charge in [0.2, 0.25) is 5.91 Å². The van der Waals surface area contributed by atoms with Crippen molar-refractivity contribution in [3.63, 3.8) is 0 Å². The molecule has 0 aliphatic heterocycles. The van der Waals surface area contributed by atoms with E-state index in [1.54, 1.807) is 6.20 Å². The molecule has 0 radical (unpaired) electrons. The van der Waals surface area contributed by atoms with Crippen LogP contribution >= 0.6 is 12.6 Å². The number of carbonyl (C=O) groups is 2. The summed E-state index contributed by atoms with van der Waals surface area (Å²) < 4.78 is 0. The number of rotatable bonds is 8. The fourth-order valence-corrected chi connectivity index (χ4v) is 4.27. The molecule has 4 rings (SSSR count). The molecule has 0 fully saturated rings. The highest BCUT2D eigenvalue weighted by atomic mass is 32.1. The maximum Gasteiger partial charge on any atom is 0.326 e. The molecule has 6 heteroatoms. The number of amides is 1. The maximum atomic E-state index is 13.1. The Morgan fingerprint density at radius 1 is 0.938 bits per heavy atom. The van der Waals surface area contributed by atoms with Gasteiger partial charge in [-0.3, -0.25) is 4.79 Å². The number of benzene rings is 3. The number of hydrogen-bond acceptors (Lipinski definition) is 3. The van der Waals surface area contributed by atoms with Gasteiger partial charge < -0.3 is 15.4 Å². The molecule has 3 N–H and O–H groups in total. The summed E-state index contributed by atoms with van der Waals surface area (Å²) in [5.74, 6) is -1.72. The third-order valence-electron chi connectivity index (χ3n) is 5.61. The van der Waals surface area contributed by atoms with Gasteiger partial charge in [-0.2, -0.15) is 12.6 Å². The molecule has 0 aliphatic carbocycles. The van der Waals surface area contributed by atoms with E-state index < -0.39 is 17.9 Å². The summed E-state index contributed by atoms with van der Waals surface area (Å²) in [7, 11) is 0. The van der Waals surface area contributed by atoms with Gasteiger partial charge >= 0.3 is 5.97 Å². The molecule has 4 aromatic rings. The summed E-state index contributed by atoms with van der Waals surface area (Å²) >= 11 is 4.39. The Hall–Kier alpha value is -3.51. The third kappa shape index (κ3) is 4.70. The highest BCUT2D eigenvalue weighted by Crippen LogP contribution is 2.26. The van der Waals surface area contributed by atoms with E-state index in [0.29, 0.717) is 0 Å². The Kier molecular flexibility index (Phi) is 6.61. The second-order valence-electron chi connectivity index (χ2n) is 7.69. The highest BCUT2D eigenvalue weighted by molar-refractivity contribution is 7.80. The van der Waals surface area contributed by atoms with E-state index in [1.807, 2.05) is 78.9 Å². The summed E-state index contributed by atoms with van der Waals surface area (Å²) in [5.41, 5.74) is 4.63. The zero-order valence-electron chi connectivity index (χ0n) is 17.4. The summed E-state index contributed by atoms with van der Waals surface area (Å²) in [6.45, 7) is 0. The van der Waals surface area contributed by atoms with Crippen molar-refractivity contribution in [3.8, 4) is 11.1 Å². The number of para-hydroxylation sites is 1. The lowest BCUT2D eigenvalue weighted by Crippen LogP contribution is -2.44. The minimum Gasteiger partial charge on any atom is -0.480 e. The average Bonchev–Trinajstić information content (AvgIpc) is 3.23. The van der Waals surface area contributed by atoms with Crippen LogP contribution in [0.25, 0.3) is 22.0 Å². The van der Waals surface area contributed by atoms with E-state index >= 15 is 0 Å². The number of hydrogen-bond donors (Lipinski definition) is 4. The van der Waals surface area contributed by atoms with Crippen LogP contribution in [0.4, 0.5) is 0 Å². The maximum absolute atomic E-state index is 13.1. The molecule has 0 aliphatic rings. The predicted molar refractivity (Wildman–Crippen MR) is 130 cm³/mol. The topological polar surface area (TPSA) is 82.2 Å². The van der Waals surface area contributed by atoms with Crippen LogP contribution < -0.4 is 5.32 Å². The summed E-state index contributed by atoms with van der Waals surface area (Å²) in [5, 5.41) is 13.4. The monoisotopic (exact) mass is 444 g/mol. The first-order valence-corrected chi connectivity index (χ1v) is 11.0. The number of carboxylic acid groups (broad SMARTS) is 1. The fourth-order valence-electron chi connectivity index (χ4n) is 3.90. The van der Waals surface area contributed by atoms with Crippen molar-refractivity contribution in [2.75, 3.05) is 5.75 Å². The molecule has 5 nitrogen and oxygen atoms in total. The lowest BCUT2D eigenvalue weighted by molar-refractivity contribution is -0.141. The molecule has 0 bridgehead atoms. The standard InChI is InChI=1S/C26H24N2O3S/c29-25(22(16-32)19-10-6-9-18(13-19)17-7-2-1-3-8-17)28-24(26(30)31)14-20-15-27-23-12-5-4-11-21(20)23/h1-13,15,22,24,27,32H,14,16H2,(H,28,29)(H,30,31)/t22-,24-/m0/s1. The Morgan fingerprint density at radius 2 is 1.66 bits per heavy atom. The fraction of sp³-hybridized carbons (Fsp3) is 0.154. The van der Waals surface area contributed by atoms with Gasteiger partial charge in [-0.1, -0.05) is 72.8 Å². The second-order valence-corrected chi connectivity index (χ2v) is 8.05. The molecule has 1 aromatic heterocycles. The zero-order chi connectivity index (χ0) is 22.5. The molecule has 0 saturated heterocycles. The predicted octanol–water partition coefficient (Wildman–Crippen LogP) is 4.66. The molecule has 3 aromatic carbocycles. The van der Waals surface area contributed by atoms with Gasteiger partial charge in [0, 0.05) is 29.3 Å². The number of carboxylic acids is 1. The summed E-state index contributed by atoms with van der Waals surface area (Å²) in [6, 6.07) is 24.3. The molecular formula is C26H24N2O3S. The van der Waals surface area contributed by atoms with Crippen LogP contribution in [0.15, 0.2) is 85.1 Å². The number of fused-ring (bicyclic) bond motifs is 1. The molecule has 0 saturated carbocycles.